The van der Waals surface area contributed by atoms with Crippen LogP contribution in [0.5, 0.6) is 0 Å². The molecule has 0 aromatic heterocycles. The SMILES string of the molecule is NC(=O)c1ccc(CN2CCC(C(=O)NC3CCCCC3)CC2)cc1. The summed E-state index contributed by atoms with van der Waals surface area (Å²) in [7, 11) is 0. The second-order valence-corrected chi connectivity index (χ2v) is 7.46. The number of nitrogens with zero attached hydrogens (tertiary/aromatic N) is 1. The zero-order valence-electron chi connectivity index (χ0n) is 14.9. The molecule has 0 unspecified atom stereocenters. The summed E-state index contributed by atoms with van der Waals surface area (Å²) in [6.07, 6.45) is 7.95. The number of carbonyl (C=O) groups excluding carboxylic acids is 2. The maximum absolute atomic E-state index is 12.5. The maximum Gasteiger partial charge on any atom is 0.248 e. The molecule has 1 aromatic rings. The number of hydrogen-bond donors (Lipinski definition) is 2. The minimum atomic E-state index is -0.392. The van der Waals surface area contributed by atoms with E-state index >= 15 is 0 Å². The number of hydrogen-bond acceptors (Lipinski definition) is 3. The molecule has 0 bridgehead atoms. The molecule has 25 heavy (non-hydrogen) atoms. The molecule has 2 amide bonds. The van der Waals surface area contributed by atoms with Crippen LogP contribution in [0.2, 0.25) is 0 Å². The molecule has 0 atom stereocenters. The third-order valence-corrected chi connectivity index (χ3v) is 5.55. The van der Waals surface area contributed by atoms with Gasteiger partial charge in [-0.15, -0.1) is 0 Å². The van der Waals surface area contributed by atoms with E-state index in [1.165, 1.54) is 24.8 Å². The molecule has 0 spiro atoms. The molecule has 1 saturated heterocycles. The molecule has 5 nitrogen and oxygen atoms in total. The van der Waals surface area contributed by atoms with Crippen LogP contribution in [0.3, 0.4) is 0 Å². The van der Waals surface area contributed by atoms with E-state index in [1.807, 2.05) is 12.1 Å². The van der Waals surface area contributed by atoms with Crippen molar-refractivity contribution in [3.8, 4) is 0 Å². The van der Waals surface area contributed by atoms with Crippen molar-refractivity contribution in [2.24, 2.45) is 11.7 Å². The van der Waals surface area contributed by atoms with E-state index in [4.69, 9.17) is 5.73 Å². The molecule has 2 fully saturated rings. The lowest BCUT2D eigenvalue weighted by Crippen LogP contribution is -2.44. The lowest BCUT2D eigenvalue weighted by atomic mass is 9.92. The smallest absolute Gasteiger partial charge is 0.248 e. The highest BCUT2D eigenvalue weighted by molar-refractivity contribution is 5.92. The molecule has 1 heterocycles. The van der Waals surface area contributed by atoms with Gasteiger partial charge in [0.2, 0.25) is 11.8 Å². The summed E-state index contributed by atoms with van der Waals surface area (Å²) in [5, 5.41) is 3.27. The van der Waals surface area contributed by atoms with Crippen LogP contribution in [0, 0.1) is 5.92 Å². The Labute approximate surface area is 150 Å². The van der Waals surface area contributed by atoms with Crippen molar-refractivity contribution in [2.75, 3.05) is 13.1 Å². The number of primary amides is 1. The summed E-state index contributed by atoms with van der Waals surface area (Å²) >= 11 is 0. The first-order valence-electron chi connectivity index (χ1n) is 9.53. The predicted molar refractivity (Wildman–Crippen MR) is 98.0 cm³/mol. The van der Waals surface area contributed by atoms with Crippen LogP contribution in [0.25, 0.3) is 0 Å². The number of nitrogens with two attached hydrogens (primary N) is 1. The quantitative estimate of drug-likeness (QED) is 0.862. The van der Waals surface area contributed by atoms with Gasteiger partial charge >= 0.3 is 0 Å². The number of benzene rings is 1. The summed E-state index contributed by atoms with van der Waals surface area (Å²) in [6.45, 7) is 2.75. The number of rotatable bonds is 5. The number of amides is 2. The number of carbonyl (C=O) groups is 2. The fourth-order valence-electron chi connectivity index (χ4n) is 3.95. The van der Waals surface area contributed by atoms with Crippen LogP contribution in [0.1, 0.15) is 60.9 Å². The Hall–Kier alpha value is -1.88. The van der Waals surface area contributed by atoms with Crippen LogP contribution in [0.4, 0.5) is 0 Å². The maximum atomic E-state index is 12.5. The van der Waals surface area contributed by atoms with Gasteiger partial charge < -0.3 is 11.1 Å². The molecule has 1 saturated carbocycles. The minimum absolute atomic E-state index is 0.162. The van der Waals surface area contributed by atoms with Gasteiger partial charge in [-0.25, -0.2) is 0 Å². The monoisotopic (exact) mass is 343 g/mol. The third kappa shape index (κ3) is 5.05. The van der Waals surface area contributed by atoms with Crippen molar-refractivity contribution in [2.45, 2.75) is 57.5 Å². The van der Waals surface area contributed by atoms with E-state index in [-0.39, 0.29) is 11.8 Å². The summed E-state index contributed by atoms with van der Waals surface area (Å²) in [4.78, 5) is 26.0. The molecule has 136 valence electrons. The van der Waals surface area contributed by atoms with Gasteiger partial charge in [0.1, 0.15) is 0 Å². The van der Waals surface area contributed by atoms with Crippen molar-refractivity contribution < 1.29 is 9.59 Å². The van der Waals surface area contributed by atoms with E-state index in [1.54, 1.807) is 12.1 Å². The fourth-order valence-corrected chi connectivity index (χ4v) is 3.95. The molecular formula is C20H29N3O2. The lowest BCUT2D eigenvalue weighted by molar-refractivity contribution is -0.127. The minimum Gasteiger partial charge on any atom is -0.366 e. The van der Waals surface area contributed by atoms with Gasteiger partial charge in [-0.05, 0) is 56.5 Å². The highest BCUT2D eigenvalue weighted by Crippen LogP contribution is 2.22. The normalized spacial score (nSPS) is 20.3. The van der Waals surface area contributed by atoms with Crippen molar-refractivity contribution in [1.82, 2.24) is 10.2 Å². The molecule has 1 aliphatic heterocycles. The molecule has 3 N–H and O–H groups in total. The second-order valence-electron chi connectivity index (χ2n) is 7.46. The highest BCUT2D eigenvalue weighted by Gasteiger charge is 2.26. The summed E-state index contributed by atoms with van der Waals surface area (Å²) in [5.41, 5.74) is 6.99. The van der Waals surface area contributed by atoms with Gasteiger partial charge in [-0.3, -0.25) is 14.5 Å². The zero-order chi connectivity index (χ0) is 17.6. The first kappa shape index (κ1) is 17.9. The Morgan fingerprint density at radius 3 is 2.24 bits per heavy atom. The average Bonchev–Trinajstić information content (AvgIpc) is 2.63. The van der Waals surface area contributed by atoms with Crippen molar-refractivity contribution in [3.05, 3.63) is 35.4 Å². The van der Waals surface area contributed by atoms with Gasteiger partial charge in [-0.1, -0.05) is 31.4 Å². The first-order chi connectivity index (χ1) is 12.1. The molecular weight excluding hydrogens is 314 g/mol. The van der Waals surface area contributed by atoms with Gasteiger partial charge in [0.05, 0.1) is 0 Å². The Bertz CT molecular complexity index is 585. The fraction of sp³-hybridized carbons (Fsp3) is 0.600. The van der Waals surface area contributed by atoms with E-state index in [9.17, 15) is 9.59 Å². The highest BCUT2D eigenvalue weighted by atomic mass is 16.2. The van der Waals surface area contributed by atoms with E-state index < -0.39 is 5.91 Å². The van der Waals surface area contributed by atoms with E-state index in [0.717, 1.165) is 45.3 Å². The molecule has 1 aliphatic carbocycles. The third-order valence-electron chi connectivity index (χ3n) is 5.55. The average molecular weight is 343 g/mol. The van der Waals surface area contributed by atoms with Crippen LogP contribution in [-0.2, 0) is 11.3 Å². The Balaban J connectivity index is 1.43. The summed E-state index contributed by atoms with van der Waals surface area (Å²) in [5.74, 6) is 0.0316. The number of piperidine rings is 1. The first-order valence-corrected chi connectivity index (χ1v) is 9.53. The van der Waals surface area contributed by atoms with Crippen LogP contribution in [0.15, 0.2) is 24.3 Å². The summed E-state index contributed by atoms with van der Waals surface area (Å²) in [6, 6.07) is 7.89. The van der Waals surface area contributed by atoms with Crippen LogP contribution in [-0.4, -0.2) is 35.8 Å². The molecule has 0 radical (unpaired) electrons. The van der Waals surface area contributed by atoms with Crippen LogP contribution >= 0.6 is 0 Å². The number of likely N-dealkylation sites (tertiary alicyclic amines) is 1. The standard InChI is InChI=1S/C20H29N3O2/c21-19(24)16-8-6-15(7-9-16)14-23-12-10-17(11-13-23)20(25)22-18-4-2-1-3-5-18/h6-9,17-18H,1-5,10-14H2,(H2,21,24)(H,22,25). The summed E-state index contributed by atoms with van der Waals surface area (Å²) < 4.78 is 0. The van der Waals surface area contributed by atoms with Crippen LogP contribution < -0.4 is 11.1 Å². The molecule has 3 rings (SSSR count). The lowest BCUT2D eigenvalue weighted by Gasteiger charge is -2.32. The number of nitrogens with one attached hydrogen (secondary N) is 1. The van der Waals surface area contributed by atoms with Gasteiger partial charge in [-0.2, -0.15) is 0 Å². The second kappa shape index (κ2) is 8.48. The van der Waals surface area contributed by atoms with Crippen molar-refractivity contribution >= 4 is 11.8 Å². The van der Waals surface area contributed by atoms with E-state index in [0.29, 0.717) is 11.6 Å². The van der Waals surface area contributed by atoms with E-state index in [2.05, 4.69) is 10.2 Å². The largest absolute Gasteiger partial charge is 0.366 e. The Kier molecular flexibility index (Phi) is 6.08. The molecule has 5 heteroatoms. The Morgan fingerprint density at radius 1 is 1.00 bits per heavy atom. The zero-order valence-corrected chi connectivity index (χ0v) is 14.9. The van der Waals surface area contributed by atoms with Crippen molar-refractivity contribution in [1.29, 1.82) is 0 Å². The molecule has 2 aliphatic rings. The van der Waals surface area contributed by atoms with Gasteiger partial charge in [0.15, 0.2) is 0 Å². The topological polar surface area (TPSA) is 75.4 Å². The van der Waals surface area contributed by atoms with Gasteiger partial charge in [0.25, 0.3) is 0 Å². The molecule has 1 aromatic carbocycles. The van der Waals surface area contributed by atoms with Gasteiger partial charge in [0, 0.05) is 24.1 Å². The Morgan fingerprint density at radius 2 is 1.64 bits per heavy atom. The predicted octanol–water partition coefficient (Wildman–Crippen LogP) is 2.45. The van der Waals surface area contributed by atoms with Crippen molar-refractivity contribution in [3.63, 3.8) is 0 Å².